The van der Waals surface area contributed by atoms with Crippen LogP contribution in [0, 0.1) is 0 Å². The molecule has 1 saturated heterocycles. The third kappa shape index (κ3) is 4.24. The lowest BCUT2D eigenvalue weighted by molar-refractivity contribution is 0.102. The first-order valence-corrected chi connectivity index (χ1v) is 8.86. The predicted octanol–water partition coefficient (Wildman–Crippen LogP) is 3.91. The molecule has 2 aromatic rings. The smallest absolute Gasteiger partial charge is 0.255 e. The van der Waals surface area contributed by atoms with Crippen molar-refractivity contribution in [1.29, 1.82) is 0 Å². The largest absolute Gasteiger partial charge is 0.494 e. The first-order chi connectivity index (χ1) is 12.2. The number of ether oxygens (including phenoxy) is 1. The monoisotopic (exact) mass is 339 g/mol. The predicted molar refractivity (Wildman–Crippen MR) is 102 cm³/mol. The number of amides is 1. The van der Waals surface area contributed by atoms with Crippen molar-refractivity contribution < 1.29 is 9.53 Å². The van der Waals surface area contributed by atoms with Gasteiger partial charge in [0.2, 0.25) is 0 Å². The van der Waals surface area contributed by atoms with E-state index >= 15 is 0 Å². The van der Waals surface area contributed by atoms with Crippen LogP contribution in [0.15, 0.2) is 42.5 Å². The summed E-state index contributed by atoms with van der Waals surface area (Å²) in [6.07, 6.45) is 3.36. The van der Waals surface area contributed by atoms with E-state index in [4.69, 9.17) is 10.5 Å². The average Bonchev–Trinajstić information content (AvgIpc) is 3.15. The fourth-order valence-corrected chi connectivity index (χ4v) is 3.00. The van der Waals surface area contributed by atoms with E-state index in [9.17, 15) is 4.79 Å². The Morgan fingerprint density at radius 1 is 1.16 bits per heavy atom. The molecule has 1 heterocycles. The maximum absolute atomic E-state index is 12.4. The van der Waals surface area contributed by atoms with Gasteiger partial charge in [-0.2, -0.15) is 0 Å². The summed E-state index contributed by atoms with van der Waals surface area (Å²) in [6.45, 7) is 4.82. The van der Waals surface area contributed by atoms with Gasteiger partial charge in [-0.3, -0.25) is 4.79 Å². The maximum Gasteiger partial charge on any atom is 0.255 e. The van der Waals surface area contributed by atoms with Gasteiger partial charge in [-0.1, -0.05) is 6.92 Å². The number of hydrogen-bond donors (Lipinski definition) is 2. The number of rotatable bonds is 6. The van der Waals surface area contributed by atoms with E-state index in [0.717, 1.165) is 30.9 Å². The molecule has 0 saturated carbocycles. The molecular formula is C20H25N3O2. The highest BCUT2D eigenvalue weighted by atomic mass is 16.5. The van der Waals surface area contributed by atoms with Crippen LogP contribution < -0.4 is 20.7 Å². The molecule has 0 atom stereocenters. The summed E-state index contributed by atoms with van der Waals surface area (Å²) in [7, 11) is 0. The second-order valence-corrected chi connectivity index (χ2v) is 6.29. The Balaban J connectivity index is 1.65. The standard InChI is InChI=1S/C20H25N3O2/c1-2-13-25-17-8-5-15(6-9-17)20(24)22-16-7-10-19(18(21)14-16)23-11-3-4-12-23/h5-10,14H,2-4,11-13,21H2,1H3,(H,22,24). The van der Waals surface area contributed by atoms with Gasteiger partial charge in [-0.05, 0) is 61.7 Å². The SMILES string of the molecule is CCCOc1ccc(C(=O)Nc2ccc(N3CCCC3)c(N)c2)cc1. The van der Waals surface area contributed by atoms with Gasteiger partial charge >= 0.3 is 0 Å². The lowest BCUT2D eigenvalue weighted by atomic mass is 10.2. The number of nitrogens with two attached hydrogens (primary N) is 1. The zero-order chi connectivity index (χ0) is 17.6. The number of carbonyl (C=O) groups is 1. The van der Waals surface area contributed by atoms with Crippen molar-refractivity contribution in [1.82, 2.24) is 0 Å². The lowest BCUT2D eigenvalue weighted by Gasteiger charge is -2.20. The molecular weight excluding hydrogens is 314 g/mol. The van der Waals surface area contributed by atoms with Crippen LogP contribution in [0.25, 0.3) is 0 Å². The molecule has 0 bridgehead atoms. The van der Waals surface area contributed by atoms with Crippen LogP contribution in [0.1, 0.15) is 36.5 Å². The number of nitrogens with zero attached hydrogens (tertiary/aromatic N) is 1. The van der Waals surface area contributed by atoms with E-state index < -0.39 is 0 Å². The summed E-state index contributed by atoms with van der Waals surface area (Å²) in [5, 5.41) is 2.90. The van der Waals surface area contributed by atoms with Crippen molar-refractivity contribution in [2.75, 3.05) is 35.6 Å². The number of benzene rings is 2. The Morgan fingerprint density at radius 3 is 2.52 bits per heavy atom. The van der Waals surface area contributed by atoms with E-state index in [1.165, 1.54) is 12.8 Å². The van der Waals surface area contributed by atoms with Crippen LogP contribution in [-0.4, -0.2) is 25.6 Å². The minimum atomic E-state index is -0.157. The molecule has 0 aromatic heterocycles. The highest BCUT2D eigenvalue weighted by Crippen LogP contribution is 2.29. The Morgan fingerprint density at radius 2 is 1.88 bits per heavy atom. The van der Waals surface area contributed by atoms with Gasteiger partial charge in [0.15, 0.2) is 0 Å². The molecule has 2 aromatic carbocycles. The van der Waals surface area contributed by atoms with Gasteiger partial charge in [0.1, 0.15) is 5.75 Å². The highest BCUT2D eigenvalue weighted by molar-refractivity contribution is 6.04. The summed E-state index contributed by atoms with van der Waals surface area (Å²) >= 11 is 0. The first-order valence-electron chi connectivity index (χ1n) is 8.86. The van der Waals surface area contributed by atoms with Crippen molar-refractivity contribution in [2.45, 2.75) is 26.2 Å². The van der Waals surface area contributed by atoms with E-state index in [1.54, 1.807) is 12.1 Å². The summed E-state index contributed by atoms with van der Waals surface area (Å²) in [4.78, 5) is 14.7. The molecule has 1 aliphatic rings. The van der Waals surface area contributed by atoms with Gasteiger partial charge in [0.25, 0.3) is 5.91 Å². The Bertz CT molecular complexity index is 722. The van der Waals surface area contributed by atoms with Crippen LogP contribution >= 0.6 is 0 Å². The van der Waals surface area contributed by atoms with Gasteiger partial charge in [-0.15, -0.1) is 0 Å². The number of hydrogen-bond acceptors (Lipinski definition) is 4. The van der Waals surface area contributed by atoms with Crippen LogP contribution in [0.2, 0.25) is 0 Å². The number of nitrogen functional groups attached to an aromatic ring is 1. The van der Waals surface area contributed by atoms with Crippen LogP contribution in [0.5, 0.6) is 5.75 Å². The Kier molecular flexibility index (Phi) is 5.43. The molecule has 0 radical (unpaired) electrons. The molecule has 3 N–H and O–H groups in total. The normalized spacial score (nSPS) is 13.7. The van der Waals surface area contributed by atoms with E-state index in [-0.39, 0.29) is 5.91 Å². The fraction of sp³-hybridized carbons (Fsp3) is 0.350. The van der Waals surface area contributed by atoms with Gasteiger partial charge in [0, 0.05) is 24.3 Å². The van der Waals surface area contributed by atoms with Gasteiger partial charge < -0.3 is 20.7 Å². The highest BCUT2D eigenvalue weighted by Gasteiger charge is 2.15. The lowest BCUT2D eigenvalue weighted by Crippen LogP contribution is -2.19. The first kappa shape index (κ1) is 17.1. The molecule has 5 nitrogen and oxygen atoms in total. The topological polar surface area (TPSA) is 67.6 Å². The maximum atomic E-state index is 12.4. The molecule has 0 aliphatic carbocycles. The second-order valence-electron chi connectivity index (χ2n) is 6.29. The molecule has 1 aliphatic heterocycles. The molecule has 25 heavy (non-hydrogen) atoms. The molecule has 1 fully saturated rings. The summed E-state index contributed by atoms with van der Waals surface area (Å²) in [6, 6.07) is 12.9. The zero-order valence-electron chi connectivity index (χ0n) is 14.6. The number of carbonyl (C=O) groups excluding carboxylic acids is 1. The molecule has 0 unspecified atom stereocenters. The van der Waals surface area contributed by atoms with Crippen LogP contribution in [-0.2, 0) is 0 Å². The van der Waals surface area contributed by atoms with Crippen LogP contribution in [0.4, 0.5) is 17.1 Å². The Hall–Kier alpha value is -2.69. The average molecular weight is 339 g/mol. The summed E-state index contributed by atoms with van der Waals surface area (Å²) < 4.78 is 5.53. The summed E-state index contributed by atoms with van der Waals surface area (Å²) in [5.41, 5.74) is 9.21. The minimum Gasteiger partial charge on any atom is -0.494 e. The quantitative estimate of drug-likeness (QED) is 0.783. The van der Waals surface area contributed by atoms with E-state index in [0.29, 0.717) is 23.5 Å². The fourth-order valence-electron chi connectivity index (χ4n) is 3.00. The molecule has 3 rings (SSSR count). The van der Waals surface area contributed by atoms with Gasteiger partial charge in [0.05, 0.1) is 18.0 Å². The second kappa shape index (κ2) is 7.92. The third-order valence-electron chi connectivity index (χ3n) is 4.32. The van der Waals surface area contributed by atoms with E-state index in [2.05, 4.69) is 17.1 Å². The van der Waals surface area contributed by atoms with E-state index in [1.807, 2.05) is 30.3 Å². The molecule has 5 heteroatoms. The summed E-state index contributed by atoms with van der Waals surface area (Å²) in [5.74, 6) is 0.618. The molecule has 1 amide bonds. The molecule has 132 valence electrons. The number of nitrogens with one attached hydrogen (secondary N) is 1. The third-order valence-corrected chi connectivity index (χ3v) is 4.32. The van der Waals surface area contributed by atoms with Crippen molar-refractivity contribution >= 4 is 23.0 Å². The number of anilines is 3. The van der Waals surface area contributed by atoms with Crippen molar-refractivity contribution in [2.24, 2.45) is 0 Å². The van der Waals surface area contributed by atoms with Crippen molar-refractivity contribution in [3.8, 4) is 5.75 Å². The Labute approximate surface area is 148 Å². The van der Waals surface area contributed by atoms with Crippen molar-refractivity contribution in [3.05, 3.63) is 48.0 Å². The minimum absolute atomic E-state index is 0.157. The van der Waals surface area contributed by atoms with Crippen molar-refractivity contribution in [3.63, 3.8) is 0 Å². The van der Waals surface area contributed by atoms with Crippen LogP contribution in [0.3, 0.4) is 0 Å². The zero-order valence-corrected chi connectivity index (χ0v) is 14.6. The van der Waals surface area contributed by atoms with Gasteiger partial charge in [-0.25, -0.2) is 0 Å². The molecule has 0 spiro atoms.